The number of methoxy groups -OCH3 is 1. The van der Waals surface area contributed by atoms with Crippen molar-refractivity contribution in [1.29, 1.82) is 0 Å². The number of halogens is 1. The summed E-state index contributed by atoms with van der Waals surface area (Å²) in [4.78, 5) is 29.7. The second-order valence-electron chi connectivity index (χ2n) is 8.68. The number of rotatable bonds is 3. The monoisotopic (exact) mass is 457 g/mol. The van der Waals surface area contributed by atoms with Gasteiger partial charge in [0.1, 0.15) is 18.2 Å². The van der Waals surface area contributed by atoms with Gasteiger partial charge in [-0.3, -0.25) is 14.5 Å². The first-order chi connectivity index (χ1) is 15.7. The minimum absolute atomic E-state index is 0.0706. The third kappa shape index (κ3) is 5.89. The molecule has 1 heterocycles. The summed E-state index contributed by atoms with van der Waals surface area (Å²) < 4.78 is 25.7. The fraction of sp³-hybridized carbons (Fsp3) is 0.440. The molecule has 1 aliphatic rings. The average molecular weight is 458 g/mol. The summed E-state index contributed by atoms with van der Waals surface area (Å²) in [5.74, 6) is -0.825. The van der Waals surface area contributed by atoms with Crippen molar-refractivity contribution in [3.8, 4) is 5.75 Å². The second kappa shape index (κ2) is 10.8. The standard InChI is InChI=1S/C25H32FN3O4/c1-16-13-28(3)17(2)15-33-22-11-10-18(27-24(30)19-8-6-7-9-21(19)26)12-20(22)25(31)29(4)14-23(16)32-5/h6-12,16-17,23H,13-15H2,1-5H3,(H,27,30)/t16-,17+,23-/m0/s1. The Bertz CT molecular complexity index is 999. The number of carbonyl (C=O) groups excluding carboxylic acids is 2. The largest absolute Gasteiger partial charge is 0.491 e. The van der Waals surface area contributed by atoms with Crippen LogP contribution in [-0.4, -0.2) is 74.7 Å². The maximum atomic E-state index is 14.0. The molecule has 3 atom stereocenters. The van der Waals surface area contributed by atoms with Crippen LogP contribution in [0.2, 0.25) is 0 Å². The summed E-state index contributed by atoms with van der Waals surface area (Å²) in [6, 6.07) is 10.7. The van der Waals surface area contributed by atoms with Crippen LogP contribution in [0.1, 0.15) is 34.6 Å². The molecule has 0 saturated heterocycles. The molecule has 2 amide bonds. The van der Waals surface area contributed by atoms with Gasteiger partial charge in [-0.15, -0.1) is 0 Å². The Morgan fingerprint density at radius 1 is 1.15 bits per heavy atom. The Morgan fingerprint density at radius 3 is 2.58 bits per heavy atom. The van der Waals surface area contributed by atoms with Gasteiger partial charge in [-0.2, -0.15) is 0 Å². The highest BCUT2D eigenvalue weighted by Crippen LogP contribution is 2.26. The van der Waals surface area contributed by atoms with Crippen molar-refractivity contribution in [2.45, 2.75) is 26.0 Å². The van der Waals surface area contributed by atoms with Gasteiger partial charge >= 0.3 is 0 Å². The van der Waals surface area contributed by atoms with Gasteiger partial charge in [0.15, 0.2) is 0 Å². The van der Waals surface area contributed by atoms with Gasteiger partial charge in [0.05, 0.1) is 17.2 Å². The molecule has 8 heteroatoms. The van der Waals surface area contributed by atoms with Gasteiger partial charge < -0.3 is 19.7 Å². The van der Waals surface area contributed by atoms with E-state index in [1.54, 1.807) is 43.3 Å². The lowest BCUT2D eigenvalue weighted by molar-refractivity contribution is 0.0150. The summed E-state index contributed by atoms with van der Waals surface area (Å²) in [6.45, 7) is 5.78. The van der Waals surface area contributed by atoms with Crippen LogP contribution in [0.4, 0.5) is 10.1 Å². The van der Waals surface area contributed by atoms with Crippen LogP contribution >= 0.6 is 0 Å². The normalized spacial score (nSPS) is 22.5. The zero-order valence-corrected chi connectivity index (χ0v) is 19.8. The van der Waals surface area contributed by atoms with E-state index in [9.17, 15) is 14.0 Å². The van der Waals surface area contributed by atoms with Gasteiger partial charge in [0, 0.05) is 39.0 Å². The fourth-order valence-corrected chi connectivity index (χ4v) is 3.88. The molecule has 178 valence electrons. The van der Waals surface area contributed by atoms with E-state index < -0.39 is 11.7 Å². The second-order valence-corrected chi connectivity index (χ2v) is 8.68. The SMILES string of the molecule is CO[C@H]1CN(C)C(=O)c2cc(NC(=O)c3ccccc3F)ccc2OC[C@@H](C)N(C)C[C@@H]1C. The Kier molecular flexibility index (Phi) is 8.05. The minimum atomic E-state index is -0.613. The number of nitrogens with one attached hydrogen (secondary N) is 1. The van der Waals surface area contributed by atoms with E-state index in [-0.39, 0.29) is 29.5 Å². The van der Waals surface area contributed by atoms with Crippen molar-refractivity contribution in [2.75, 3.05) is 46.2 Å². The number of ether oxygens (including phenoxy) is 2. The van der Waals surface area contributed by atoms with Crippen molar-refractivity contribution < 1.29 is 23.5 Å². The molecule has 33 heavy (non-hydrogen) atoms. The number of carbonyl (C=O) groups is 2. The number of nitrogens with zero attached hydrogens (tertiary/aromatic N) is 2. The summed E-state index contributed by atoms with van der Waals surface area (Å²) >= 11 is 0. The molecular formula is C25H32FN3O4. The van der Waals surface area contributed by atoms with Crippen molar-refractivity contribution in [1.82, 2.24) is 9.80 Å². The number of anilines is 1. The molecule has 2 aromatic carbocycles. The van der Waals surface area contributed by atoms with E-state index in [0.717, 1.165) is 6.54 Å². The minimum Gasteiger partial charge on any atom is -0.491 e. The molecule has 0 aromatic heterocycles. The van der Waals surface area contributed by atoms with Crippen molar-refractivity contribution in [3.05, 3.63) is 59.4 Å². The van der Waals surface area contributed by atoms with Crippen molar-refractivity contribution >= 4 is 17.5 Å². The smallest absolute Gasteiger partial charge is 0.258 e. The molecule has 0 saturated carbocycles. The Hall–Kier alpha value is -2.97. The summed E-state index contributed by atoms with van der Waals surface area (Å²) in [5.41, 5.74) is 0.627. The number of hydrogen-bond donors (Lipinski definition) is 1. The summed E-state index contributed by atoms with van der Waals surface area (Å²) in [6.07, 6.45) is -0.138. The van der Waals surface area contributed by atoms with E-state index in [1.807, 2.05) is 7.05 Å². The van der Waals surface area contributed by atoms with Crippen LogP contribution < -0.4 is 10.1 Å². The Morgan fingerprint density at radius 2 is 1.88 bits per heavy atom. The first-order valence-corrected chi connectivity index (χ1v) is 11.0. The first kappa shape index (κ1) is 24.7. The van der Waals surface area contributed by atoms with Crippen LogP contribution in [0.3, 0.4) is 0 Å². The molecule has 0 aliphatic carbocycles. The van der Waals surface area contributed by atoms with E-state index in [4.69, 9.17) is 9.47 Å². The third-order valence-electron chi connectivity index (χ3n) is 6.13. The highest BCUT2D eigenvalue weighted by atomic mass is 19.1. The van der Waals surface area contributed by atoms with Gasteiger partial charge in [0.2, 0.25) is 0 Å². The molecule has 2 aromatic rings. The highest BCUT2D eigenvalue weighted by Gasteiger charge is 2.27. The third-order valence-corrected chi connectivity index (χ3v) is 6.13. The van der Waals surface area contributed by atoms with Crippen molar-refractivity contribution in [3.63, 3.8) is 0 Å². The van der Waals surface area contributed by atoms with Crippen molar-refractivity contribution in [2.24, 2.45) is 5.92 Å². The zero-order valence-electron chi connectivity index (χ0n) is 19.8. The average Bonchev–Trinajstić information content (AvgIpc) is 2.80. The van der Waals surface area contributed by atoms with E-state index in [1.165, 1.54) is 18.2 Å². The van der Waals surface area contributed by atoms with Crippen LogP contribution in [0.15, 0.2) is 42.5 Å². The maximum absolute atomic E-state index is 14.0. The maximum Gasteiger partial charge on any atom is 0.258 e. The number of hydrogen-bond acceptors (Lipinski definition) is 5. The van der Waals surface area contributed by atoms with E-state index in [0.29, 0.717) is 30.2 Å². The lowest BCUT2D eigenvalue weighted by atomic mass is 10.0. The number of fused-ring (bicyclic) bond motifs is 1. The van der Waals surface area contributed by atoms with Crippen LogP contribution in [0, 0.1) is 11.7 Å². The van der Waals surface area contributed by atoms with Gasteiger partial charge in [-0.1, -0.05) is 19.1 Å². The molecule has 1 N–H and O–H groups in total. The van der Waals surface area contributed by atoms with Gasteiger partial charge in [0.25, 0.3) is 11.8 Å². The lowest BCUT2D eigenvalue weighted by Gasteiger charge is -2.34. The Labute approximate surface area is 194 Å². The van der Waals surface area contributed by atoms with E-state index >= 15 is 0 Å². The zero-order chi connectivity index (χ0) is 24.1. The fourth-order valence-electron chi connectivity index (χ4n) is 3.88. The number of amides is 2. The predicted octanol–water partition coefficient (Wildman–Crippen LogP) is 3.51. The quantitative estimate of drug-likeness (QED) is 0.764. The first-order valence-electron chi connectivity index (χ1n) is 11.0. The van der Waals surface area contributed by atoms with Gasteiger partial charge in [-0.25, -0.2) is 4.39 Å². The molecule has 3 rings (SSSR count). The predicted molar refractivity (Wildman–Crippen MR) is 125 cm³/mol. The topological polar surface area (TPSA) is 71.1 Å². The molecule has 0 fully saturated rings. The molecule has 7 nitrogen and oxygen atoms in total. The van der Waals surface area contributed by atoms with Gasteiger partial charge in [-0.05, 0) is 50.2 Å². The van der Waals surface area contributed by atoms with Crippen LogP contribution in [0.25, 0.3) is 0 Å². The molecule has 0 unspecified atom stereocenters. The Balaban J connectivity index is 1.92. The summed E-state index contributed by atoms with van der Waals surface area (Å²) in [5, 5.41) is 2.68. The molecule has 0 bridgehead atoms. The van der Waals surface area contributed by atoms with Crippen LogP contribution in [-0.2, 0) is 4.74 Å². The van der Waals surface area contributed by atoms with Crippen LogP contribution in [0.5, 0.6) is 5.75 Å². The molecule has 0 spiro atoms. The molecular weight excluding hydrogens is 425 g/mol. The highest BCUT2D eigenvalue weighted by molar-refractivity contribution is 6.05. The molecule has 0 radical (unpaired) electrons. The van der Waals surface area contributed by atoms with E-state index in [2.05, 4.69) is 24.1 Å². The number of benzene rings is 2. The lowest BCUT2D eigenvalue weighted by Crippen LogP contribution is -2.45. The molecule has 1 aliphatic heterocycles. The summed E-state index contributed by atoms with van der Waals surface area (Å²) in [7, 11) is 5.41. The number of likely N-dealkylation sites (N-methyl/N-ethyl adjacent to an activating group) is 2.